The lowest BCUT2D eigenvalue weighted by atomic mass is 10.2. The van der Waals surface area contributed by atoms with Crippen molar-refractivity contribution in [1.82, 2.24) is 0 Å². The number of hydrogen-bond donors (Lipinski definition) is 3. The predicted molar refractivity (Wildman–Crippen MR) is 45.2 cm³/mol. The van der Waals surface area contributed by atoms with Gasteiger partial charge in [0.2, 0.25) is 5.91 Å². The van der Waals surface area contributed by atoms with Gasteiger partial charge < -0.3 is 15.7 Å². The fourth-order valence-electron chi connectivity index (χ4n) is 1.18. The molecule has 0 bridgehead atoms. The van der Waals surface area contributed by atoms with E-state index in [0.29, 0.717) is 5.69 Å². The summed E-state index contributed by atoms with van der Waals surface area (Å²) in [6, 6.07) is 5.05. The van der Waals surface area contributed by atoms with Crippen LogP contribution in [-0.2, 0) is 4.79 Å². The molecule has 0 fully saturated rings. The lowest BCUT2D eigenvalue weighted by Crippen LogP contribution is -2.27. The molecule has 4 nitrogen and oxygen atoms in total. The highest BCUT2D eigenvalue weighted by atomic mass is 16.3. The van der Waals surface area contributed by atoms with Gasteiger partial charge in [-0.2, -0.15) is 0 Å². The van der Waals surface area contributed by atoms with Gasteiger partial charge in [0.1, 0.15) is 11.4 Å². The first-order valence-corrected chi connectivity index (χ1v) is 3.63. The summed E-state index contributed by atoms with van der Waals surface area (Å²) in [6.45, 7) is 0.260. The van der Waals surface area contributed by atoms with E-state index in [2.05, 4.69) is 10.6 Å². The maximum absolute atomic E-state index is 10.9. The molecule has 0 spiro atoms. The predicted octanol–water partition coefficient (Wildman–Crippen LogP) is 0.756. The third-order valence-corrected chi connectivity index (χ3v) is 1.75. The molecule has 0 aliphatic carbocycles. The van der Waals surface area contributed by atoms with Gasteiger partial charge in [-0.3, -0.25) is 4.79 Å². The molecule has 3 N–H and O–H groups in total. The van der Waals surface area contributed by atoms with E-state index in [1.54, 1.807) is 12.1 Å². The quantitative estimate of drug-likeness (QED) is 0.496. The van der Waals surface area contributed by atoms with E-state index < -0.39 is 0 Å². The Morgan fingerprint density at radius 1 is 1.42 bits per heavy atom. The van der Waals surface area contributed by atoms with Crippen LogP contribution in [0.5, 0.6) is 5.75 Å². The van der Waals surface area contributed by atoms with Crippen LogP contribution in [0.2, 0.25) is 0 Å². The lowest BCUT2D eigenvalue weighted by molar-refractivity contribution is -0.114. The molecule has 1 heterocycles. The van der Waals surface area contributed by atoms with E-state index in [-0.39, 0.29) is 18.2 Å². The second-order valence-electron chi connectivity index (χ2n) is 2.60. The molecule has 0 saturated carbocycles. The number of phenolic OH excluding ortho intramolecular Hbond substituents is 1. The molecule has 0 aromatic heterocycles. The van der Waals surface area contributed by atoms with E-state index in [4.69, 9.17) is 0 Å². The molecule has 0 radical (unpaired) electrons. The van der Waals surface area contributed by atoms with E-state index in [1.807, 2.05) is 0 Å². The molecule has 1 aromatic carbocycles. The largest absolute Gasteiger partial charge is 0.506 e. The fraction of sp³-hybridized carbons (Fsp3) is 0.125. The van der Waals surface area contributed by atoms with Crippen LogP contribution >= 0.6 is 0 Å². The van der Waals surface area contributed by atoms with Gasteiger partial charge >= 0.3 is 0 Å². The van der Waals surface area contributed by atoms with E-state index in [1.165, 1.54) is 6.07 Å². The normalized spacial score (nSPS) is 14.5. The minimum Gasteiger partial charge on any atom is -0.506 e. The Morgan fingerprint density at radius 2 is 2.25 bits per heavy atom. The average Bonchev–Trinajstić information content (AvgIpc) is 2.07. The molecule has 1 aromatic rings. The zero-order valence-electron chi connectivity index (χ0n) is 6.29. The molecule has 1 amide bonds. The van der Waals surface area contributed by atoms with Gasteiger partial charge in [0, 0.05) is 0 Å². The lowest BCUT2D eigenvalue weighted by Gasteiger charge is -2.18. The number of nitrogens with one attached hydrogen (secondary N) is 2. The molecule has 62 valence electrons. The molecule has 0 atom stereocenters. The van der Waals surface area contributed by atoms with Crippen molar-refractivity contribution in [2.45, 2.75) is 0 Å². The molecule has 0 saturated heterocycles. The Balaban J connectivity index is 2.50. The van der Waals surface area contributed by atoms with Gasteiger partial charge in [-0.1, -0.05) is 6.07 Å². The molecule has 12 heavy (non-hydrogen) atoms. The highest BCUT2D eigenvalue weighted by Crippen LogP contribution is 2.32. The standard InChI is InChI=1S/C8H8N2O2/c11-6-3-1-2-5-8(6)10-7(12)4-9-5/h1-3,9,11H,4H2,(H,10,12). The van der Waals surface area contributed by atoms with Crippen molar-refractivity contribution < 1.29 is 9.90 Å². The molecule has 4 heteroatoms. The third kappa shape index (κ3) is 0.972. The highest BCUT2D eigenvalue weighted by molar-refractivity contribution is 6.02. The molecular formula is C8H8N2O2. The van der Waals surface area contributed by atoms with E-state index in [0.717, 1.165) is 5.69 Å². The summed E-state index contributed by atoms with van der Waals surface area (Å²) < 4.78 is 0. The van der Waals surface area contributed by atoms with Crippen LogP contribution in [0.15, 0.2) is 18.2 Å². The van der Waals surface area contributed by atoms with Crippen molar-refractivity contribution in [3.63, 3.8) is 0 Å². The zero-order chi connectivity index (χ0) is 8.55. The number of hydrogen-bond acceptors (Lipinski definition) is 3. The number of carbonyl (C=O) groups is 1. The zero-order valence-corrected chi connectivity index (χ0v) is 6.29. The van der Waals surface area contributed by atoms with Crippen LogP contribution in [0.3, 0.4) is 0 Å². The number of carbonyl (C=O) groups excluding carboxylic acids is 1. The third-order valence-electron chi connectivity index (χ3n) is 1.75. The summed E-state index contributed by atoms with van der Waals surface area (Å²) >= 11 is 0. The Labute approximate surface area is 69.2 Å². The van der Waals surface area contributed by atoms with Crippen LogP contribution in [0, 0.1) is 0 Å². The molecule has 0 unspecified atom stereocenters. The smallest absolute Gasteiger partial charge is 0.243 e. The number of phenols is 1. The SMILES string of the molecule is O=C1CNc2cccc(O)c2N1. The topological polar surface area (TPSA) is 61.4 Å². The van der Waals surface area contributed by atoms with Gasteiger partial charge in [0.25, 0.3) is 0 Å². The molecular weight excluding hydrogens is 156 g/mol. The summed E-state index contributed by atoms with van der Waals surface area (Å²) in [5, 5.41) is 14.8. The second-order valence-corrected chi connectivity index (χ2v) is 2.60. The summed E-state index contributed by atoms with van der Waals surface area (Å²) in [6.07, 6.45) is 0. The van der Waals surface area contributed by atoms with Gasteiger partial charge in [0.05, 0.1) is 12.2 Å². The number of aromatic hydroxyl groups is 1. The Morgan fingerprint density at radius 3 is 3.08 bits per heavy atom. The Kier molecular flexibility index (Phi) is 1.40. The van der Waals surface area contributed by atoms with Crippen LogP contribution in [0.25, 0.3) is 0 Å². The maximum Gasteiger partial charge on any atom is 0.243 e. The molecule has 2 rings (SSSR count). The van der Waals surface area contributed by atoms with Gasteiger partial charge in [-0.15, -0.1) is 0 Å². The van der Waals surface area contributed by atoms with Gasteiger partial charge in [-0.05, 0) is 12.1 Å². The van der Waals surface area contributed by atoms with Gasteiger partial charge in [0.15, 0.2) is 0 Å². The highest BCUT2D eigenvalue weighted by Gasteiger charge is 2.15. The summed E-state index contributed by atoms with van der Waals surface area (Å²) in [4.78, 5) is 10.9. The monoisotopic (exact) mass is 164 g/mol. The first kappa shape index (κ1) is 6.97. The van der Waals surface area contributed by atoms with Crippen LogP contribution in [0.1, 0.15) is 0 Å². The Bertz CT molecular complexity index is 336. The summed E-state index contributed by atoms with van der Waals surface area (Å²) in [7, 11) is 0. The van der Waals surface area contributed by atoms with E-state index in [9.17, 15) is 9.90 Å². The van der Waals surface area contributed by atoms with Crippen molar-refractivity contribution >= 4 is 17.3 Å². The molecule has 1 aliphatic heterocycles. The van der Waals surface area contributed by atoms with Crippen LogP contribution < -0.4 is 10.6 Å². The van der Waals surface area contributed by atoms with Crippen molar-refractivity contribution in [1.29, 1.82) is 0 Å². The number of anilines is 2. The van der Waals surface area contributed by atoms with Gasteiger partial charge in [-0.25, -0.2) is 0 Å². The van der Waals surface area contributed by atoms with Crippen molar-refractivity contribution in [3.8, 4) is 5.75 Å². The average molecular weight is 164 g/mol. The van der Waals surface area contributed by atoms with Crippen molar-refractivity contribution in [2.24, 2.45) is 0 Å². The minimum atomic E-state index is -0.135. The molecule has 1 aliphatic rings. The van der Waals surface area contributed by atoms with Crippen molar-refractivity contribution in [3.05, 3.63) is 18.2 Å². The summed E-state index contributed by atoms with van der Waals surface area (Å²) in [5.41, 5.74) is 1.23. The second kappa shape index (κ2) is 2.41. The van der Waals surface area contributed by atoms with E-state index >= 15 is 0 Å². The number of benzene rings is 1. The first-order chi connectivity index (χ1) is 5.77. The van der Waals surface area contributed by atoms with Crippen LogP contribution in [-0.4, -0.2) is 17.6 Å². The van der Waals surface area contributed by atoms with Crippen molar-refractivity contribution in [2.75, 3.05) is 17.2 Å². The number of amides is 1. The Hall–Kier alpha value is -1.71. The summed E-state index contributed by atoms with van der Waals surface area (Å²) in [5.74, 6) is -0.0444. The minimum absolute atomic E-state index is 0.0908. The fourth-order valence-corrected chi connectivity index (χ4v) is 1.18. The maximum atomic E-state index is 10.9. The number of para-hydroxylation sites is 1. The van der Waals surface area contributed by atoms with Crippen LogP contribution in [0.4, 0.5) is 11.4 Å². The first-order valence-electron chi connectivity index (χ1n) is 3.63. The number of fused-ring (bicyclic) bond motifs is 1. The number of rotatable bonds is 0.